The van der Waals surface area contributed by atoms with Crippen molar-refractivity contribution >= 4 is 41.4 Å². The zero-order valence-electron chi connectivity index (χ0n) is 11.5. The number of fused-ring (bicyclic) bond motifs is 1. The Labute approximate surface area is 132 Å². The summed E-state index contributed by atoms with van der Waals surface area (Å²) in [5, 5.41) is 19.2. The van der Waals surface area contributed by atoms with Crippen molar-refractivity contribution in [3.8, 4) is 0 Å². The number of hydrogen-bond acceptors (Lipinski definition) is 2. The van der Waals surface area contributed by atoms with E-state index in [4.69, 9.17) is 21.7 Å². The van der Waals surface area contributed by atoms with Gasteiger partial charge in [0.05, 0.1) is 10.6 Å². The average Bonchev–Trinajstić information content (AvgIpc) is 2.84. The fourth-order valence-electron chi connectivity index (χ4n) is 2.42. The Bertz CT molecular complexity index is 842. The summed E-state index contributed by atoms with van der Waals surface area (Å²) >= 11 is 6.22. The van der Waals surface area contributed by atoms with Crippen molar-refractivity contribution in [3.05, 3.63) is 64.8 Å². The normalized spacial score (nSPS) is 10.8. The van der Waals surface area contributed by atoms with Crippen LogP contribution in [0.4, 0.5) is 0 Å². The Kier molecular flexibility index (Phi) is 3.92. The molecule has 6 heteroatoms. The molecule has 1 heterocycles. The summed E-state index contributed by atoms with van der Waals surface area (Å²) < 4.78 is 1.97. The molecule has 1 aromatic heterocycles. The molecule has 2 N–H and O–H groups in total. The van der Waals surface area contributed by atoms with E-state index < -0.39 is 5.97 Å². The Balaban J connectivity index is 1.98. The second-order valence-electron chi connectivity index (χ2n) is 5.01. The van der Waals surface area contributed by atoms with Crippen LogP contribution in [-0.4, -0.2) is 28.1 Å². The van der Waals surface area contributed by atoms with E-state index in [1.54, 1.807) is 24.4 Å². The maximum absolute atomic E-state index is 11.0. The Morgan fingerprint density at radius 2 is 1.91 bits per heavy atom. The first kappa shape index (κ1) is 14.7. The second-order valence-corrected chi connectivity index (χ2v) is 5.42. The van der Waals surface area contributed by atoms with E-state index in [0.29, 0.717) is 11.6 Å². The van der Waals surface area contributed by atoms with Gasteiger partial charge in [-0.25, -0.2) is 4.79 Å². The number of carbonyl (C=O) groups is 1. The van der Waals surface area contributed by atoms with Crippen LogP contribution in [0.3, 0.4) is 0 Å². The molecule has 0 aliphatic heterocycles. The van der Waals surface area contributed by atoms with Crippen molar-refractivity contribution in [2.75, 3.05) is 0 Å². The Hall–Kier alpha value is -2.24. The van der Waals surface area contributed by atoms with Gasteiger partial charge in [0.15, 0.2) is 0 Å². The monoisotopic (exact) mass is 312 g/mol. The Morgan fingerprint density at radius 3 is 2.55 bits per heavy atom. The van der Waals surface area contributed by atoms with E-state index in [1.807, 2.05) is 28.8 Å². The third-order valence-electron chi connectivity index (χ3n) is 3.56. The lowest BCUT2D eigenvalue weighted by Crippen LogP contribution is -2.12. The topological polar surface area (TPSA) is 62.5 Å². The highest BCUT2D eigenvalue weighted by Crippen LogP contribution is 2.27. The molecule has 0 spiro atoms. The molecule has 4 nitrogen and oxygen atoms in total. The summed E-state index contributed by atoms with van der Waals surface area (Å²) in [6, 6.07) is 12.4. The molecule has 22 heavy (non-hydrogen) atoms. The molecule has 3 aromatic rings. The third-order valence-corrected chi connectivity index (χ3v) is 3.86. The third kappa shape index (κ3) is 2.73. The van der Waals surface area contributed by atoms with E-state index in [2.05, 4.69) is 0 Å². The predicted molar refractivity (Wildman–Crippen MR) is 87.1 cm³/mol. The summed E-state index contributed by atoms with van der Waals surface area (Å²) in [7, 11) is 1.05. The van der Waals surface area contributed by atoms with Crippen LogP contribution >= 0.6 is 11.6 Å². The lowest BCUT2D eigenvalue weighted by Gasteiger charge is -2.06. The average molecular weight is 313 g/mol. The van der Waals surface area contributed by atoms with Gasteiger partial charge in [0.25, 0.3) is 0 Å². The van der Waals surface area contributed by atoms with Crippen molar-refractivity contribution in [1.29, 1.82) is 0 Å². The van der Waals surface area contributed by atoms with Crippen molar-refractivity contribution in [1.82, 2.24) is 4.57 Å². The van der Waals surface area contributed by atoms with Crippen LogP contribution in [0.2, 0.25) is 5.02 Å². The summed E-state index contributed by atoms with van der Waals surface area (Å²) in [5.74, 6) is -0.971. The van der Waals surface area contributed by atoms with Crippen LogP contribution in [-0.2, 0) is 6.54 Å². The molecule has 0 bridgehead atoms. The minimum atomic E-state index is -0.971. The summed E-state index contributed by atoms with van der Waals surface area (Å²) in [6.45, 7) is 0.612. The fourth-order valence-corrected chi connectivity index (χ4v) is 2.69. The minimum absolute atomic E-state index is 0.218. The molecular formula is C16H12BClNO3. The predicted octanol–water partition coefficient (Wildman–Crippen LogP) is 2.28. The molecular weight excluding hydrogens is 300 g/mol. The van der Waals surface area contributed by atoms with Gasteiger partial charge < -0.3 is 14.7 Å². The standard InChI is InChI=1S/C16H12BClNO3/c18-14-9-19(8-10-1-4-12(17-22)5-2-10)15-6-3-11(16(20)21)7-13(14)15/h1-7,9,22H,8H2,(H,20,21). The van der Waals surface area contributed by atoms with E-state index >= 15 is 0 Å². The van der Waals surface area contributed by atoms with Crippen molar-refractivity contribution in [2.24, 2.45) is 0 Å². The van der Waals surface area contributed by atoms with Gasteiger partial charge in [0, 0.05) is 23.6 Å². The van der Waals surface area contributed by atoms with Crippen LogP contribution in [0.15, 0.2) is 48.7 Å². The highest BCUT2D eigenvalue weighted by molar-refractivity contribution is 6.45. The van der Waals surface area contributed by atoms with Gasteiger partial charge in [-0.3, -0.25) is 0 Å². The van der Waals surface area contributed by atoms with E-state index in [9.17, 15) is 4.79 Å². The first-order valence-corrected chi connectivity index (χ1v) is 7.04. The number of aromatic nitrogens is 1. The molecule has 3 rings (SSSR count). The molecule has 0 unspecified atom stereocenters. The van der Waals surface area contributed by atoms with E-state index in [-0.39, 0.29) is 5.56 Å². The van der Waals surface area contributed by atoms with Gasteiger partial charge >= 0.3 is 13.5 Å². The molecule has 0 atom stereocenters. The molecule has 0 saturated heterocycles. The summed E-state index contributed by atoms with van der Waals surface area (Å²) in [5.41, 5.74) is 2.90. The summed E-state index contributed by atoms with van der Waals surface area (Å²) in [4.78, 5) is 11.0. The maximum Gasteiger partial charge on any atom is 0.335 e. The van der Waals surface area contributed by atoms with Gasteiger partial charge in [-0.1, -0.05) is 41.3 Å². The molecule has 0 amide bonds. The van der Waals surface area contributed by atoms with Gasteiger partial charge in [-0.2, -0.15) is 0 Å². The largest absolute Gasteiger partial charge is 0.478 e. The molecule has 2 aromatic carbocycles. The highest BCUT2D eigenvalue weighted by atomic mass is 35.5. The van der Waals surface area contributed by atoms with E-state index in [0.717, 1.165) is 29.4 Å². The van der Waals surface area contributed by atoms with Crippen molar-refractivity contribution < 1.29 is 14.9 Å². The molecule has 0 aliphatic rings. The van der Waals surface area contributed by atoms with Crippen LogP contribution < -0.4 is 5.46 Å². The lowest BCUT2D eigenvalue weighted by molar-refractivity contribution is 0.0697. The van der Waals surface area contributed by atoms with Crippen molar-refractivity contribution in [2.45, 2.75) is 6.54 Å². The van der Waals surface area contributed by atoms with Gasteiger partial charge in [0.1, 0.15) is 0 Å². The number of rotatable bonds is 4. The number of carboxylic acids is 1. The molecule has 1 radical (unpaired) electrons. The molecule has 109 valence electrons. The zero-order chi connectivity index (χ0) is 15.7. The zero-order valence-corrected chi connectivity index (χ0v) is 12.3. The fraction of sp³-hybridized carbons (Fsp3) is 0.0625. The van der Waals surface area contributed by atoms with Crippen molar-refractivity contribution in [3.63, 3.8) is 0 Å². The van der Waals surface area contributed by atoms with Crippen LogP contribution in [0, 0.1) is 0 Å². The number of halogens is 1. The lowest BCUT2D eigenvalue weighted by atomic mass is 9.88. The van der Waals surface area contributed by atoms with Crippen LogP contribution in [0.5, 0.6) is 0 Å². The minimum Gasteiger partial charge on any atom is -0.478 e. The number of aromatic carboxylic acids is 1. The number of nitrogens with zero attached hydrogens (tertiary/aromatic N) is 1. The highest BCUT2D eigenvalue weighted by Gasteiger charge is 2.11. The first-order valence-electron chi connectivity index (χ1n) is 6.66. The SMILES string of the molecule is O=C(O)c1ccc2c(c1)c(Cl)cn2Cc1ccc([B]O)cc1. The maximum atomic E-state index is 11.0. The second kappa shape index (κ2) is 5.87. The van der Waals surface area contributed by atoms with Gasteiger partial charge in [0.2, 0.25) is 0 Å². The molecule has 0 saturated carbocycles. The molecule has 0 fully saturated rings. The quantitative estimate of drug-likeness (QED) is 0.727. The summed E-state index contributed by atoms with van der Waals surface area (Å²) in [6.07, 6.45) is 1.80. The van der Waals surface area contributed by atoms with Crippen LogP contribution in [0.25, 0.3) is 10.9 Å². The van der Waals surface area contributed by atoms with Gasteiger partial charge in [-0.15, -0.1) is 0 Å². The Morgan fingerprint density at radius 1 is 1.18 bits per heavy atom. The number of benzene rings is 2. The smallest absolute Gasteiger partial charge is 0.335 e. The number of carboxylic acid groups (broad SMARTS) is 1. The first-order chi connectivity index (χ1) is 10.6. The van der Waals surface area contributed by atoms with E-state index in [1.165, 1.54) is 0 Å². The molecule has 0 aliphatic carbocycles. The number of hydrogen-bond donors (Lipinski definition) is 2. The van der Waals surface area contributed by atoms with Gasteiger partial charge in [-0.05, 0) is 23.8 Å². The van der Waals surface area contributed by atoms with Crippen LogP contribution in [0.1, 0.15) is 15.9 Å².